The lowest BCUT2D eigenvalue weighted by atomic mass is 10.0. The summed E-state index contributed by atoms with van der Waals surface area (Å²) < 4.78 is 0.858. The minimum absolute atomic E-state index is 0.0766. The van der Waals surface area contributed by atoms with Crippen LogP contribution in [-0.2, 0) is 6.42 Å². The number of aryl methyl sites for hydroxylation is 2. The minimum Gasteiger partial charge on any atom is -0.308 e. The number of amides is 1. The third-order valence-electron chi connectivity index (χ3n) is 3.71. The van der Waals surface area contributed by atoms with Gasteiger partial charge in [-0.2, -0.15) is 0 Å². The van der Waals surface area contributed by atoms with E-state index in [-0.39, 0.29) is 5.91 Å². The van der Waals surface area contributed by atoms with Crippen molar-refractivity contribution in [1.29, 1.82) is 0 Å². The zero-order valence-electron chi connectivity index (χ0n) is 11.4. The van der Waals surface area contributed by atoms with Crippen LogP contribution in [0.25, 0.3) is 0 Å². The fourth-order valence-corrected chi connectivity index (χ4v) is 3.11. The van der Waals surface area contributed by atoms with Crippen LogP contribution in [0, 0.1) is 6.92 Å². The normalized spacial score (nSPS) is 14.0. The van der Waals surface area contributed by atoms with E-state index in [1.54, 1.807) is 0 Å². The Labute approximate surface area is 127 Å². The van der Waals surface area contributed by atoms with Gasteiger partial charge < -0.3 is 4.90 Å². The molecule has 0 atom stereocenters. The number of rotatable bonds is 1. The van der Waals surface area contributed by atoms with Crippen molar-refractivity contribution in [3.05, 3.63) is 63.6 Å². The lowest BCUT2D eigenvalue weighted by Gasteiger charge is -2.29. The van der Waals surface area contributed by atoms with Gasteiger partial charge in [0.15, 0.2) is 0 Å². The Balaban J connectivity index is 2.02. The van der Waals surface area contributed by atoms with Crippen LogP contribution in [0.2, 0.25) is 0 Å². The molecule has 1 amide bonds. The first-order chi connectivity index (χ1) is 9.66. The Morgan fingerprint density at radius 3 is 2.85 bits per heavy atom. The molecule has 1 heterocycles. The highest BCUT2D eigenvalue weighted by Crippen LogP contribution is 2.29. The van der Waals surface area contributed by atoms with Gasteiger partial charge in [0.25, 0.3) is 5.91 Å². The molecule has 0 unspecified atom stereocenters. The van der Waals surface area contributed by atoms with Gasteiger partial charge >= 0.3 is 0 Å². The van der Waals surface area contributed by atoms with Crippen molar-refractivity contribution >= 4 is 27.5 Å². The average Bonchev–Trinajstić information content (AvgIpc) is 2.48. The Hall–Kier alpha value is -1.61. The van der Waals surface area contributed by atoms with Crippen molar-refractivity contribution in [3.8, 4) is 0 Å². The molecule has 0 aliphatic carbocycles. The molecule has 0 radical (unpaired) electrons. The number of carbonyl (C=O) groups is 1. The van der Waals surface area contributed by atoms with Crippen LogP contribution in [0.4, 0.5) is 5.69 Å². The first-order valence-corrected chi connectivity index (χ1v) is 7.62. The summed E-state index contributed by atoms with van der Waals surface area (Å²) >= 11 is 3.49. The smallest absolute Gasteiger partial charge is 0.259 e. The molecule has 2 aromatic carbocycles. The molecule has 0 saturated carbocycles. The lowest BCUT2D eigenvalue weighted by Crippen LogP contribution is -2.35. The maximum absolute atomic E-state index is 12.8. The average molecular weight is 330 g/mol. The fourth-order valence-electron chi connectivity index (χ4n) is 2.69. The Kier molecular flexibility index (Phi) is 3.62. The highest BCUT2D eigenvalue weighted by atomic mass is 79.9. The molecule has 0 bridgehead atoms. The van der Waals surface area contributed by atoms with E-state index in [0.717, 1.165) is 40.7 Å². The molecule has 1 aliphatic heterocycles. The summed E-state index contributed by atoms with van der Waals surface area (Å²) in [7, 11) is 0. The second-order valence-corrected chi connectivity index (χ2v) is 6.03. The number of para-hydroxylation sites is 1. The van der Waals surface area contributed by atoms with Crippen LogP contribution in [0.15, 0.2) is 46.9 Å². The summed E-state index contributed by atoms with van der Waals surface area (Å²) in [6, 6.07) is 14.1. The van der Waals surface area contributed by atoms with Gasteiger partial charge in [0, 0.05) is 16.7 Å². The van der Waals surface area contributed by atoms with Gasteiger partial charge in [-0.3, -0.25) is 4.79 Å². The Bertz CT molecular complexity index is 666. The van der Waals surface area contributed by atoms with E-state index in [2.05, 4.69) is 22.0 Å². The van der Waals surface area contributed by atoms with Gasteiger partial charge in [0.1, 0.15) is 0 Å². The van der Waals surface area contributed by atoms with Crippen molar-refractivity contribution in [2.24, 2.45) is 0 Å². The number of hydrogen-bond acceptors (Lipinski definition) is 1. The second kappa shape index (κ2) is 5.41. The molecule has 20 heavy (non-hydrogen) atoms. The van der Waals surface area contributed by atoms with E-state index in [1.807, 2.05) is 48.2 Å². The van der Waals surface area contributed by atoms with E-state index >= 15 is 0 Å². The SMILES string of the molecule is Cc1ccc(Br)c(C(=O)N2CCCc3ccccc32)c1. The molecule has 3 heteroatoms. The molecule has 1 aliphatic rings. The first-order valence-electron chi connectivity index (χ1n) is 6.83. The van der Waals surface area contributed by atoms with Crippen molar-refractivity contribution < 1.29 is 4.79 Å². The van der Waals surface area contributed by atoms with Crippen LogP contribution in [0.1, 0.15) is 27.9 Å². The maximum atomic E-state index is 12.8. The van der Waals surface area contributed by atoms with Gasteiger partial charge in [-0.1, -0.05) is 29.8 Å². The summed E-state index contributed by atoms with van der Waals surface area (Å²) in [4.78, 5) is 14.7. The number of halogens is 1. The highest BCUT2D eigenvalue weighted by Gasteiger charge is 2.24. The van der Waals surface area contributed by atoms with E-state index in [9.17, 15) is 4.79 Å². The largest absolute Gasteiger partial charge is 0.308 e. The third kappa shape index (κ3) is 2.38. The fraction of sp³-hybridized carbons (Fsp3) is 0.235. The van der Waals surface area contributed by atoms with Crippen LogP contribution < -0.4 is 4.90 Å². The molecule has 102 valence electrons. The second-order valence-electron chi connectivity index (χ2n) is 5.17. The quantitative estimate of drug-likeness (QED) is 0.761. The van der Waals surface area contributed by atoms with Gasteiger partial charge in [0.05, 0.1) is 5.56 Å². The molecule has 3 rings (SSSR count). The number of hydrogen-bond donors (Lipinski definition) is 0. The molecule has 0 N–H and O–H groups in total. The summed E-state index contributed by atoms with van der Waals surface area (Å²) in [5.74, 6) is 0.0766. The van der Waals surface area contributed by atoms with Crippen LogP contribution in [0.3, 0.4) is 0 Å². The van der Waals surface area contributed by atoms with Crippen molar-refractivity contribution in [3.63, 3.8) is 0 Å². The van der Waals surface area contributed by atoms with Gasteiger partial charge in [-0.25, -0.2) is 0 Å². The molecular formula is C17H16BrNO. The number of benzene rings is 2. The summed E-state index contributed by atoms with van der Waals surface area (Å²) in [6.07, 6.45) is 2.07. The monoisotopic (exact) mass is 329 g/mol. The zero-order valence-corrected chi connectivity index (χ0v) is 13.0. The van der Waals surface area contributed by atoms with Gasteiger partial charge in [0.2, 0.25) is 0 Å². The molecule has 0 fully saturated rings. The number of nitrogens with zero attached hydrogens (tertiary/aromatic N) is 1. The maximum Gasteiger partial charge on any atom is 0.259 e. The molecule has 0 aromatic heterocycles. The predicted molar refractivity (Wildman–Crippen MR) is 85.3 cm³/mol. The predicted octanol–water partition coefficient (Wildman–Crippen LogP) is 4.35. The standard InChI is InChI=1S/C17H16BrNO/c1-12-8-9-15(18)14(11-12)17(20)19-10-4-6-13-5-2-3-7-16(13)19/h2-3,5,7-9,11H,4,6,10H2,1H3. The molecule has 2 nitrogen and oxygen atoms in total. The highest BCUT2D eigenvalue weighted by molar-refractivity contribution is 9.10. The minimum atomic E-state index is 0.0766. The van der Waals surface area contributed by atoms with Crippen LogP contribution in [0.5, 0.6) is 0 Å². The van der Waals surface area contributed by atoms with Gasteiger partial charge in [-0.15, -0.1) is 0 Å². The topological polar surface area (TPSA) is 20.3 Å². The van der Waals surface area contributed by atoms with Crippen molar-refractivity contribution in [2.45, 2.75) is 19.8 Å². The van der Waals surface area contributed by atoms with Crippen molar-refractivity contribution in [1.82, 2.24) is 0 Å². The Morgan fingerprint density at radius 2 is 2.00 bits per heavy atom. The van der Waals surface area contributed by atoms with Crippen molar-refractivity contribution in [2.75, 3.05) is 11.4 Å². The molecule has 2 aromatic rings. The van der Waals surface area contributed by atoms with E-state index in [1.165, 1.54) is 5.56 Å². The first kappa shape index (κ1) is 13.4. The van der Waals surface area contributed by atoms with E-state index < -0.39 is 0 Å². The summed E-state index contributed by atoms with van der Waals surface area (Å²) in [6.45, 7) is 2.80. The number of carbonyl (C=O) groups excluding carboxylic acids is 1. The molecular weight excluding hydrogens is 314 g/mol. The Morgan fingerprint density at radius 1 is 1.20 bits per heavy atom. The summed E-state index contributed by atoms with van der Waals surface area (Å²) in [5, 5.41) is 0. The third-order valence-corrected chi connectivity index (χ3v) is 4.40. The number of fused-ring (bicyclic) bond motifs is 1. The zero-order chi connectivity index (χ0) is 14.1. The van der Waals surface area contributed by atoms with Crippen LogP contribution in [-0.4, -0.2) is 12.5 Å². The van der Waals surface area contributed by atoms with E-state index in [4.69, 9.17) is 0 Å². The summed E-state index contributed by atoms with van der Waals surface area (Å²) in [5.41, 5.74) is 4.15. The molecule has 0 saturated heterocycles. The van der Waals surface area contributed by atoms with Gasteiger partial charge in [-0.05, 0) is 59.5 Å². The van der Waals surface area contributed by atoms with Crippen LogP contribution >= 0.6 is 15.9 Å². The molecule has 0 spiro atoms. The number of anilines is 1. The van der Waals surface area contributed by atoms with E-state index in [0.29, 0.717) is 0 Å². The lowest BCUT2D eigenvalue weighted by molar-refractivity contribution is 0.0984.